The van der Waals surface area contributed by atoms with Crippen molar-refractivity contribution >= 4 is 6.08 Å². The number of halogens is 5. The van der Waals surface area contributed by atoms with Gasteiger partial charge in [0, 0.05) is 29.5 Å². The molecule has 0 aliphatic heterocycles. The highest BCUT2D eigenvalue weighted by molar-refractivity contribution is 5.51. The molecule has 5 heteroatoms. The first-order valence-corrected chi connectivity index (χ1v) is 14.9. The zero-order valence-corrected chi connectivity index (χ0v) is 25.6. The molecule has 0 radical (unpaired) electrons. The Labute approximate surface area is 259 Å². The van der Waals surface area contributed by atoms with Crippen molar-refractivity contribution in [3.05, 3.63) is 161 Å². The lowest BCUT2D eigenvalue weighted by atomic mass is 9.81. The first kappa shape index (κ1) is 34.5. The van der Waals surface area contributed by atoms with Crippen LogP contribution in [0.3, 0.4) is 0 Å². The van der Waals surface area contributed by atoms with Crippen molar-refractivity contribution in [2.75, 3.05) is 0 Å². The van der Waals surface area contributed by atoms with Crippen LogP contribution in [0.15, 0.2) is 116 Å². The molecule has 2 aromatic rings. The van der Waals surface area contributed by atoms with Crippen molar-refractivity contribution in [1.29, 1.82) is 0 Å². The monoisotopic (exact) mass is 604 g/mol. The molecule has 0 fully saturated rings. The topological polar surface area (TPSA) is 0 Å². The molecule has 4 rings (SSSR count). The van der Waals surface area contributed by atoms with E-state index in [1.165, 1.54) is 0 Å². The fraction of sp³-hybridized carbons (Fsp3) is 0.282. The summed E-state index contributed by atoms with van der Waals surface area (Å²) in [5, 5.41) is 0. The normalized spacial score (nSPS) is 18.2. The molecule has 0 amide bonds. The van der Waals surface area contributed by atoms with Crippen LogP contribution in [-0.4, -0.2) is 0 Å². The first-order chi connectivity index (χ1) is 21.0. The fourth-order valence-corrected chi connectivity index (χ4v) is 5.63. The van der Waals surface area contributed by atoms with Crippen LogP contribution in [0, 0.1) is 23.5 Å². The summed E-state index contributed by atoms with van der Waals surface area (Å²) >= 11 is 0. The maximum absolute atomic E-state index is 16.4. The maximum Gasteiger partial charge on any atom is 0.417 e. The van der Waals surface area contributed by atoms with Gasteiger partial charge >= 0.3 is 6.18 Å². The Morgan fingerprint density at radius 1 is 0.886 bits per heavy atom. The second-order valence-corrected chi connectivity index (χ2v) is 11.1. The van der Waals surface area contributed by atoms with Gasteiger partial charge in [-0.05, 0) is 59.8 Å². The minimum Gasteiger partial charge on any atom is -0.206 e. The molecular formula is C39H41F5. The van der Waals surface area contributed by atoms with Crippen molar-refractivity contribution in [2.24, 2.45) is 11.8 Å². The Balaban J connectivity index is 0.00000259. The number of hydrogen-bond acceptors (Lipinski definition) is 0. The number of rotatable bonds is 9. The molecule has 232 valence electrons. The number of allylic oxidation sites excluding steroid dienone is 11. The molecule has 2 aromatic carbocycles. The van der Waals surface area contributed by atoms with Gasteiger partial charge in [0.2, 0.25) is 0 Å². The zero-order chi connectivity index (χ0) is 32.4. The van der Waals surface area contributed by atoms with Crippen molar-refractivity contribution in [1.82, 2.24) is 0 Å². The summed E-state index contributed by atoms with van der Waals surface area (Å²) in [4.78, 5) is 0. The van der Waals surface area contributed by atoms with Crippen LogP contribution in [0.5, 0.6) is 0 Å². The van der Waals surface area contributed by atoms with Gasteiger partial charge in [0.15, 0.2) is 0 Å². The summed E-state index contributed by atoms with van der Waals surface area (Å²) in [6.07, 6.45) is 12.7. The highest BCUT2D eigenvalue weighted by atomic mass is 19.4. The van der Waals surface area contributed by atoms with Gasteiger partial charge in [-0.3, -0.25) is 0 Å². The summed E-state index contributed by atoms with van der Waals surface area (Å²) in [6, 6.07) is 6.98. The Morgan fingerprint density at radius 2 is 1.57 bits per heavy atom. The second kappa shape index (κ2) is 15.7. The predicted molar refractivity (Wildman–Crippen MR) is 174 cm³/mol. The van der Waals surface area contributed by atoms with E-state index in [4.69, 9.17) is 0 Å². The molecule has 0 bridgehead atoms. The second-order valence-electron chi connectivity index (χ2n) is 11.1. The smallest absolute Gasteiger partial charge is 0.206 e. The Morgan fingerprint density at radius 3 is 2.18 bits per heavy atom. The van der Waals surface area contributed by atoms with Gasteiger partial charge in [0.25, 0.3) is 0 Å². The Hall–Kier alpha value is -3.99. The molecule has 0 saturated heterocycles. The van der Waals surface area contributed by atoms with Crippen LogP contribution < -0.4 is 0 Å². The number of benzene rings is 2. The third-order valence-electron chi connectivity index (χ3n) is 8.29. The summed E-state index contributed by atoms with van der Waals surface area (Å²) in [5.74, 6) is -2.67. The van der Waals surface area contributed by atoms with Crippen LogP contribution in [0.4, 0.5) is 22.0 Å². The Bertz CT molecular complexity index is 1490. The maximum atomic E-state index is 16.4. The molecule has 0 nitrogen and oxygen atoms in total. The highest BCUT2D eigenvalue weighted by Crippen LogP contribution is 2.42. The summed E-state index contributed by atoms with van der Waals surface area (Å²) in [6.45, 7) is 17.5. The molecule has 44 heavy (non-hydrogen) atoms. The van der Waals surface area contributed by atoms with E-state index in [-0.39, 0.29) is 36.7 Å². The minimum atomic E-state index is -4.95. The van der Waals surface area contributed by atoms with Crippen LogP contribution in [0.25, 0.3) is 6.08 Å². The average molecular weight is 605 g/mol. The van der Waals surface area contributed by atoms with Gasteiger partial charge in [-0.1, -0.05) is 112 Å². The van der Waals surface area contributed by atoms with Gasteiger partial charge in [-0.25, -0.2) is 8.78 Å². The zero-order valence-electron chi connectivity index (χ0n) is 25.6. The SMILES string of the molecule is C=C.C=CC1=CCC(C)C(Cc2c(F)c(Cc3ccc(C=C)cc3)c(F)c(CC3=CC=C(CC)CC=C3)c2C(F)(F)F)C=C1. The van der Waals surface area contributed by atoms with Crippen LogP contribution in [0.1, 0.15) is 66.5 Å². The Kier molecular flexibility index (Phi) is 12.3. The average Bonchev–Trinajstić information content (AvgIpc) is 3.36. The van der Waals surface area contributed by atoms with E-state index in [0.717, 1.165) is 23.1 Å². The quantitative estimate of drug-likeness (QED) is 0.197. The van der Waals surface area contributed by atoms with Gasteiger partial charge in [0.1, 0.15) is 11.6 Å². The number of hydrogen-bond donors (Lipinski definition) is 0. The van der Waals surface area contributed by atoms with Crippen LogP contribution >= 0.6 is 0 Å². The lowest BCUT2D eigenvalue weighted by Gasteiger charge is -2.26. The third-order valence-corrected chi connectivity index (χ3v) is 8.29. The first-order valence-electron chi connectivity index (χ1n) is 14.9. The molecule has 0 saturated carbocycles. The summed E-state index contributed by atoms with van der Waals surface area (Å²) in [5.41, 5.74) is 1.48. The lowest BCUT2D eigenvalue weighted by molar-refractivity contribution is -0.139. The molecule has 0 aromatic heterocycles. The van der Waals surface area contributed by atoms with Crippen LogP contribution in [-0.2, 0) is 25.4 Å². The third kappa shape index (κ3) is 8.34. The van der Waals surface area contributed by atoms with Crippen LogP contribution in [0.2, 0.25) is 0 Å². The van der Waals surface area contributed by atoms with E-state index in [9.17, 15) is 13.2 Å². The molecule has 2 atom stereocenters. The van der Waals surface area contributed by atoms with E-state index >= 15 is 8.78 Å². The number of alkyl halides is 3. The van der Waals surface area contributed by atoms with Crippen molar-refractivity contribution < 1.29 is 22.0 Å². The van der Waals surface area contributed by atoms with Crippen molar-refractivity contribution in [3.8, 4) is 0 Å². The van der Waals surface area contributed by atoms with Gasteiger partial charge < -0.3 is 0 Å². The molecule has 0 N–H and O–H groups in total. The molecular weight excluding hydrogens is 563 g/mol. The van der Waals surface area contributed by atoms with Gasteiger partial charge in [0.05, 0.1) is 5.56 Å². The highest BCUT2D eigenvalue weighted by Gasteiger charge is 2.41. The molecule has 0 spiro atoms. The van der Waals surface area contributed by atoms with Gasteiger partial charge in [-0.15, -0.1) is 13.2 Å². The largest absolute Gasteiger partial charge is 0.417 e. The standard InChI is InChI=1S/C37H37F5.C2H4/c1-5-25-9-8-10-28(16-13-25)21-31-34(37(40,41)42)32(23-30-20-19-26(6-2)12-11-24(30)4)36(39)33(35(31)38)22-29-17-14-27(7-3)15-18-29;1-2/h6-8,10,12-20,24,30H,2-3,5,9,11,21-23H2,1,4H3;1-2H2. The van der Waals surface area contributed by atoms with Gasteiger partial charge in [-0.2, -0.15) is 13.2 Å². The van der Waals surface area contributed by atoms with Crippen molar-refractivity contribution in [3.63, 3.8) is 0 Å². The van der Waals surface area contributed by atoms with Crippen molar-refractivity contribution in [2.45, 2.75) is 58.5 Å². The van der Waals surface area contributed by atoms with E-state index in [1.54, 1.807) is 48.6 Å². The van der Waals surface area contributed by atoms with E-state index in [1.807, 2.05) is 44.2 Å². The molecule has 2 aliphatic carbocycles. The van der Waals surface area contributed by atoms with E-state index in [0.29, 0.717) is 24.0 Å². The fourth-order valence-electron chi connectivity index (χ4n) is 5.63. The predicted octanol–water partition coefficient (Wildman–Crippen LogP) is 11.7. The summed E-state index contributed by atoms with van der Waals surface area (Å²) in [7, 11) is 0. The summed E-state index contributed by atoms with van der Waals surface area (Å²) < 4.78 is 77.3. The molecule has 2 unspecified atom stereocenters. The molecule has 0 heterocycles. The van der Waals surface area contributed by atoms with E-state index < -0.39 is 34.5 Å². The van der Waals surface area contributed by atoms with E-state index in [2.05, 4.69) is 26.3 Å². The lowest BCUT2D eigenvalue weighted by Crippen LogP contribution is -2.22. The molecule has 2 aliphatic rings. The minimum absolute atomic E-state index is 0.0484.